The Hall–Kier alpha value is -3.29. The van der Waals surface area contributed by atoms with Gasteiger partial charge in [0, 0.05) is 11.4 Å². The van der Waals surface area contributed by atoms with E-state index in [1.54, 1.807) is 0 Å². The summed E-state index contributed by atoms with van der Waals surface area (Å²) in [7, 11) is 0. The number of benzene rings is 1. The molecule has 0 spiro atoms. The average molecular weight is 352 g/mol. The molecule has 0 saturated carbocycles. The molecule has 8 nitrogen and oxygen atoms in total. The van der Waals surface area contributed by atoms with Crippen molar-refractivity contribution >= 4 is 17.2 Å². The highest BCUT2D eigenvalue weighted by Gasteiger charge is 2.26. The predicted molar refractivity (Wildman–Crippen MR) is 99.1 cm³/mol. The van der Waals surface area contributed by atoms with Crippen molar-refractivity contribution in [2.24, 2.45) is 0 Å². The number of aryl methyl sites for hydroxylation is 2. The van der Waals surface area contributed by atoms with Crippen molar-refractivity contribution in [2.45, 2.75) is 33.6 Å². The number of aromatic nitrogens is 4. The second-order valence-electron chi connectivity index (χ2n) is 6.39. The van der Waals surface area contributed by atoms with Gasteiger partial charge in [0.1, 0.15) is 6.33 Å². The van der Waals surface area contributed by atoms with Crippen LogP contribution in [0.2, 0.25) is 0 Å². The van der Waals surface area contributed by atoms with E-state index in [1.165, 1.54) is 16.6 Å². The first-order valence-electron chi connectivity index (χ1n) is 8.27. The second-order valence-corrected chi connectivity index (χ2v) is 6.39. The quantitative estimate of drug-likeness (QED) is 0.549. The summed E-state index contributed by atoms with van der Waals surface area (Å²) in [5.41, 5.74) is 3.21. The highest BCUT2D eigenvalue weighted by molar-refractivity contribution is 5.70. The lowest BCUT2D eigenvalue weighted by Crippen LogP contribution is -2.09. The third-order valence-corrected chi connectivity index (χ3v) is 4.04. The minimum Gasteiger partial charge on any atom is -0.334 e. The molecule has 0 atom stereocenters. The minimum absolute atomic E-state index is 0.129. The lowest BCUT2D eigenvalue weighted by molar-refractivity contribution is -0.384. The Morgan fingerprint density at radius 3 is 2.38 bits per heavy atom. The van der Waals surface area contributed by atoms with Crippen LogP contribution in [-0.4, -0.2) is 24.7 Å². The average Bonchev–Trinajstić information content (AvgIpc) is 2.93. The van der Waals surface area contributed by atoms with Crippen LogP contribution in [0.15, 0.2) is 36.7 Å². The lowest BCUT2D eigenvalue weighted by Gasteiger charge is -2.11. The number of hydrogen-bond acceptors (Lipinski definition) is 6. The fraction of sp³-hybridized carbons (Fsp3) is 0.278. The molecular formula is C18H20N6O2. The summed E-state index contributed by atoms with van der Waals surface area (Å²) in [6.07, 6.45) is 1.30. The highest BCUT2D eigenvalue weighted by Crippen LogP contribution is 2.31. The number of anilines is 2. The summed E-state index contributed by atoms with van der Waals surface area (Å²) in [5.74, 6) is 0.678. The lowest BCUT2D eigenvalue weighted by atomic mass is 10.0. The molecule has 0 fully saturated rings. The first-order chi connectivity index (χ1) is 12.4. The molecule has 2 aromatic heterocycles. The maximum absolute atomic E-state index is 11.7. The monoisotopic (exact) mass is 352 g/mol. The zero-order valence-electron chi connectivity index (χ0n) is 15.1. The first-order valence-corrected chi connectivity index (χ1v) is 8.27. The van der Waals surface area contributed by atoms with E-state index in [2.05, 4.69) is 34.2 Å². The maximum atomic E-state index is 11.7. The van der Waals surface area contributed by atoms with E-state index in [9.17, 15) is 10.1 Å². The topological polar surface area (TPSA) is 98.8 Å². The first kappa shape index (κ1) is 17.5. The van der Waals surface area contributed by atoms with E-state index >= 15 is 0 Å². The molecule has 3 rings (SSSR count). The van der Waals surface area contributed by atoms with Crippen LogP contribution in [0.3, 0.4) is 0 Å². The van der Waals surface area contributed by atoms with Crippen LogP contribution in [0.4, 0.5) is 17.2 Å². The van der Waals surface area contributed by atoms with Crippen LogP contribution in [0, 0.1) is 24.0 Å². The Labute approximate surface area is 151 Å². The van der Waals surface area contributed by atoms with Crippen molar-refractivity contribution in [3.63, 3.8) is 0 Å². The SMILES string of the molecule is Cc1cc(C)n(-c2ncnc(Nc3ccc(C(C)C)cc3)c2[N+](=O)[O-])n1. The van der Waals surface area contributed by atoms with E-state index in [0.717, 1.165) is 17.1 Å². The Kier molecular flexibility index (Phi) is 4.66. The molecule has 0 radical (unpaired) electrons. The molecular weight excluding hydrogens is 332 g/mol. The standard InChI is InChI=1S/C18H20N6O2/c1-11(2)14-5-7-15(8-6-14)21-17-16(24(25)26)18(20-10-19-17)23-13(4)9-12(3)22-23/h5-11H,1-4H3,(H,19,20,21). The van der Waals surface area contributed by atoms with Crippen LogP contribution < -0.4 is 5.32 Å². The molecule has 1 N–H and O–H groups in total. The summed E-state index contributed by atoms with van der Waals surface area (Å²) in [6, 6.07) is 9.57. The van der Waals surface area contributed by atoms with Gasteiger partial charge in [-0.25, -0.2) is 14.6 Å². The van der Waals surface area contributed by atoms with Crippen molar-refractivity contribution in [3.8, 4) is 5.82 Å². The fourth-order valence-corrected chi connectivity index (χ4v) is 2.72. The third-order valence-electron chi connectivity index (χ3n) is 4.04. The zero-order valence-corrected chi connectivity index (χ0v) is 15.1. The summed E-state index contributed by atoms with van der Waals surface area (Å²) >= 11 is 0. The van der Waals surface area contributed by atoms with E-state index < -0.39 is 4.92 Å². The van der Waals surface area contributed by atoms with Gasteiger partial charge in [-0.15, -0.1) is 0 Å². The van der Waals surface area contributed by atoms with E-state index in [1.807, 2.05) is 44.2 Å². The maximum Gasteiger partial charge on any atom is 0.355 e. The molecule has 0 aliphatic carbocycles. The van der Waals surface area contributed by atoms with Gasteiger partial charge >= 0.3 is 5.69 Å². The molecule has 0 aliphatic heterocycles. The summed E-state index contributed by atoms with van der Waals surface area (Å²) < 4.78 is 1.46. The van der Waals surface area contributed by atoms with Gasteiger partial charge in [-0.3, -0.25) is 10.1 Å². The molecule has 0 unspecified atom stereocenters. The van der Waals surface area contributed by atoms with Gasteiger partial charge in [-0.2, -0.15) is 5.10 Å². The number of nitro groups is 1. The molecule has 8 heteroatoms. The van der Waals surface area contributed by atoms with Gasteiger partial charge in [0.05, 0.1) is 10.6 Å². The number of hydrogen-bond donors (Lipinski definition) is 1. The van der Waals surface area contributed by atoms with Crippen molar-refractivity contribution in [3.05, 3.63) is 63.7 Å². The normalized spacial score (nSPS) is 11.0. The fourth-order valence-electron chi connectivity index (χ4n) is 2.72. The van der Waals surface area contributed by atoms with Crippen molar-refractivity contribution in [1.29, 1.82) is 0 Å². The van der Waals surface area contributed by atoms with Gasteiger partial charge in [-0.05, 0) is 43.5 Å². The summed E-state index contributed by atoms with van der Waals surface area (Å²) in [6.45, 7) is 7.87. The molecule has 0 aliphatic rings. The zero-order chi connectivity index (χ0) is 18.8. The van der Waals surface area contributed by atoms with E-state index in [-0.39, 0.29) is 17.3 Å². The Bertz CT molecular complexity index is 947. The van der Waals surface area contributed by atoms with Gasteiger partial charge < -0.3 is 5.32 Å². The molecule has 0 bridgehead atoms. The van der Waals surface area contributed by atoms with Crippen molar-refractivity contribution in [2.75, 3.05) is 5.32 Å². The molecule has 2 heterocycles. The van der Waals surface area contributed by atoms with Crippen molar-refractivity contribution < 1.29 is 4.92 Å². The van der Waals surface area contributed by atoms with Gasteiger partial charge in [0.2, 0.25) is 11.6 Å². The van der Waals surface area contributed by atoms with Gasteiger partial charge in [0.25, 0.3) is 0 Å². The number of nitrogens with one attached hydrogen (secondary N) is 1. The molecule has 1 aromatic carbocycles. The number of rotatable bonds is 5. The van der Waals surface area contributed by atoms with Crippen LogP contribution in [0.1, 0.15) is 36.7 Å². The smallest absolute Gasteiger partial charge is 0.334 e. The minimum atomic E-state index is -0.489. The molecule has 3 aromatic rings. The second kappa shape index (κ2) is 6.91. The molecule has 0 amide bonds. The van der Waals surface area contributed by atoms with Crippen LogP contribution in [0.25, 0.3) is 5.82 Å². The van der Waals surface area contributed by atoms with Crippen molar-refractivity contribution in [1.82, 2.24) is 19.7 Å². The van der Waals surface area contributed by atoms with Crippen LogP contribution in [0.5, 0.6) is 0 Å². The van der Waals surface area contributed by atoms with E-state index in [0.29, 0.717) is 5.92 Å². The van der Waals surface area contributed by atoms with Gasteiger partial charge in [-0.1, -0.05) is 26.0 Å². The predicted octanol–water partition coefficient (Wildman–Crippen LogP) is 4.05. The third kappa shape index (κ3) is 3.39. The highest BCUT2D eigenvalue weighted by atomic mass is 16.6. The largest absolute Gasteiger partial charge is 0.355 e. The Balaban J connectivity index is 2.03. The van der Waals surface area contributed by atoms with E-state index in [4.69, 9.17) is 0 Å². The van der Waals surface area contributed by atoms with Gasteiger partial charge in [0.15, 0.2) is 0 Å². The number of nitrogens with zero attached hydrogens (tertiary/aromatic N) is 5. The van der Waals surface area contributed by atoms with Crippen LogP contribution >= 0.6 is 0 Å². The molecule has 0 saturated heterocycles. The molecule has 26 heavy (non-hydrogen) atoms. The summed E-state index contributed by atoms with van der Waals surface area (Å²) in [4.78, 5) is 19.4. The Morgan fingerprint density at radius 2 is 1.85 bits per heavy atom. The Morgan fingerprint density at radius 1 is 1.15 bits per heavy atom. The van der Waals surface area contributed by atoms with Crippen LogP contribution in [-0.2, 0) is 0 Å². The molecule has 134 valence electrons. The summed E-state index contributed by atoms with van der Waals surface area (Å²) in [5, 5.41) is 19.0.